The van der Waals surface area contributed by atoms with Crippen molar-refractivity contribution in [1.82, 2.24) is 0 Å². The average Bonchev–Trinajstić information content (AvgIpc) is 2.63. The molecule has 0 aliphatic heterocycles. The second kappa shape index (κ2) is 5.95. The van der Waals surface area contributed by atoms with Crippen LogP contribution in [0.25, 0.3) is 0 Å². The Bertz CT molecular complexity index is 850. The van der Waals surface area contributed by atoms with Gasteiger partial charge in [-0.1, -0.05) is 47.5 Å². The van der Waals surface area contributed by atoms with Crippen LogP contribution in [0.1, 0.15) is 55.2 Å². The summed E-state index contributed by atoms with van der Waals surface area (Å²) in [5.74, 6) is 1.67. The summed E-state index contributed by atoms with van der Waals surface area (Å²) >= 11 is 0. The van der Waals surface area contributed by atoms with Crippen molar-refractivity contribution < 1.29 is 4.79 Å². The molecule has 1 amide bonds. The van der Waals surface area contributed by atoms with E-state index in [1.54, 1.807) is 0 Å². The molecule has 4 bridgehead atoms. The van der Waals surface area contributed by atoms with E-state index in [0.717, 1.165) is 24.9 Å². The maximum atomic E-state index is 13.5. The summed E-state index contributed by atoms with van der Waals surface area (Å²) in [5, 5.41) is 3.27. The fourth-order valence-electron chi connectivity index (χ4n) is 6.67. The third-order valence-corrected chi connectivity index (χ3v) is 7.52. The summed E-state index contributed by atoms with van der Waals surface area (Å²) in [6.45, 7) is 4.23. The van der Waals surface area contributed by atoms with Crippen LogP contribution in [0.4, 0.5) is 5.69 Å². The van der Waals surface area contributed by atoms with E-state index in [1.165, 1.54) is 36.0 Å². The van der Waals surface area contributed by atoms with Crippen LogP contribution in [0.3, 0.4) is 0 Å². The number of aryl methyl sites for hydroxylation is 2. The van der Waals surface area contributed by atoms with Gasteiger partial charge in [-0.05, 0) is 87.3 Å². The first kappa shape index (κ1) is 17.0. The highest BCUT2D eigenvalue weighted by molar-refractivity contribution is 5.95. The molecule has 2 heteroatoms. The van der Waals surface area contributed by atoms with Crippen molar-refractivity contribution in [3.63, 3.8) is 0 Å². The summed E-state index contributed by atoms with van der Waals surface area (Å²) in [5.41, 5.74) is 4.97. The van der Waals surface area contributed by atoms with E-state index in [-0.39, 0.29) is 16.7 Å². The largest absolute Gasteiger partial charge is 0.326 e. The molecule has 1 N–H and O–H groups in total. The Balaban J connectivity index is 1.46. The van der Waals surface area contributed by atoms with E-state index in [4.69, 9.17) is 0 Å². The molecule has 2 nitrogen and oxygen atoms in total. The van der Waals surface area contributed by atoms with Crippen molar-refractivity contribution in [2.75, 3.05) is 5.32 Å². The lowest BCUT2D eigenvalue weighted by atomic mass is 9.42. The van der Waals surface area contributed by atoms with E-state index < -0.39 is 0 Å². The Labute approximate surface area is 162 Å². The quantitative estimate of drug-likeness (QED) is 0.739. The van der Waals surface area contributed by atoms with E-state index in [9.17, 15) is 4.79 Å². The number of anilines is 1. The van der Waals surface area contributed by atoms with Crippen LogP contribution < -0.4 is 5.32 Å². The lowest BCUT2D eigenvalue weighted by Gasteiger charge is -2.61. The van der Waals surface area contributed by atoms with E-state index in [0.29, 0.717) is 11.8 Å². The minimum Gasteiger partial charge on any atom is -0.326 e. The van der Waals surface area contributed by atoms with Gasteiger partial charge in [0.2, 0.25) is 5.91 Å². The lowest BCUT2D eigenvalue weighted by Crippen LogP contribution is -2.57. The molecule has 4 atom stereocenters. The predicted octanol–water partition coefficient (Wildman–Crippen LogP) is 5.78. The summed E-state index contributed by atoms with van der Waals surface area (Å²) in [6.07, 6.45) is 7.04. The van der Waals surface area contributed by atoms with Crippen molar-refractivity contribution in [2.24, 2.45) is 17.3 Å². The van der Waals surface area contributed by atoms with Crippen LogP contribution in [0.5, 0.6) is 0 Å². The summed E-state index contributed by atoms with van der Waals surface area (Å²) in [7, 11) is 0. The van der Waals surface area contributed by atoms with Crippen molar-refractivity contribution in [3.05, 3.63) is 65.2 Å². The van der Waals surface area contributed by atoms with Gasteiger partial charge in [0.05, 0.1) is 5.41 Å². The molecular weight excluding hydrogens is 330 g/mol. The van der Waals surface area contributed by atoms with Gasteiger partial charge in [-0.2, -0.15) is 0 Å². The van der Waals surface area contributed by atoms with Crippen molar-refractivity contribution >= 4 is 11.6 Å². The van der Waals surface area contributed by atoms with Crippen molar-refractivity contribution in [1.29, 1.82) is 0 Å². The Morgan fingerprint density at radius 2 is 1.41 bits per heavy atom. The number of carbonyl (C=O) groups is 1. The summed E-state index contributed by atoms with van der Waals surface area (Å²) in [6, 6.07) is 17.3. The van der Waals surface area contributed by atoms with E-state index in [2.05, 4.69) is 55.6 Å². The van der Waals surface area contributed by atoms with Crippen LogP contribution in [0, 0.1) is 31.1 Å². The van der Waals surface area contributed by atoms with Crippen LogP contribution in [0.15, 0.2) is 48.5 Å². The number of hydrogen-bond acceptors (Lipinski definition) is 1. The smallest absolute Gasteiger partial charge is 0.230 e. The van der Waals surface area contributed by atoms with E-state index in [1.807, 2.05) is 12.1 Å². The molecule has 0 spiro atoms. The Kier molecular flexibility index (Phi) is 3.76. The molecule has 4 aliphatic carbocycles. The Morgan fingerprint density at radius 3 is 2.00 bits per heavy atom. The molecule has 4 saturated carbocycles. The predicted molar refractivity (Wildman–Crippen MR) is 110 cm³/mol. The topological polar surface area (TPSA) is 29.1 Å². The lowest BCUT2D eigenvalue weighted by molar-refractivity contribution is -0.143. The second-order valence-corrected chi connectivity index (χ2v) is 9.71. The van der Waals surface area contributed by atoms with Gasteiger partial charge in [0, 0.05) is 5.69 Å². The average molecular weight is 360 g/mol. The molecule has 0 heterocycles. The molecule has 2 unspecified atom stereocenters. The number of nitrogens with one attached hydrogen (secondary N) is 1. The summed E-state index contributed by atoms with van der Waals surface area (Å²) in [4.78, 5) is 13.5. The number of rotatable bonds is 3. The van der Waals surface area contributed by atoms with Gasteiger partial charge in [-0.3, -0.25) is 4.79 Å². The maximum Gasteiger partial charge on any atom is 0.230 e. The highest BCUT2D eigenvalue weighted by atomic mass is 16.2. The molecule has 140 valence electrons. The monoisotopic (exact) mass is 359 g/mol. The number of amides is 1. The van der Waals surface area contributed by atoms with Crippen molar-refractivity contribution in [3.8, 4) is 0 Å². The van der Waals surface area contributed by atoms with Gasteiger partial charge in [0.1, 0.15) is 0 Å². The first-order valence-corrected chi connectivity index (χ1v) is 10.4. The standard InChI is InChI=1S/C25H29NO/c1-17-3-7-21(8-4-17)24-12-19-11-20(13-24)15-25(14-19,16-24)23(27)26-22-9-5-18(2)6-10-22/h3-10,19-20H,11-16H2,1-2H3,(H,26,27)/t19-,20+,24?,25?. The fourth-order valence-corrected chi connectivity index (χ4v) is 6.67. The minimum atomic E-state index is -0.181. The van der Waals surface area contributed by atoms with Crippen LogP contribution in [-0.4, -0.2) is 5.91 Å². The van der Waals surface area contributed by atoms with Gasteiger partial charge in [0.25, 0.3) is 0 Å². The Hall–Kier alpha value is -2.09. The molecular formula is C25H29NO. The minimum absolute atomic E-state index is 0.181. The van der Waals surface area contributed by atoms with Gasteiger partial charge in [-0.15, -0.1) is 0 Å². The number of benzene rings is 2. The highest BCUT2D eigenvalue weighted by Gasteiger charge is 2.60. The highest BCUT2D eigenvalue weighted by Crippen LogP contribution is 2.66. The molecule has 0 saturated heterocycles. The molecule has 2 aromatic carbocycles. The van der Waals surface area contributed by atoms with Crippen LogP contribution in [0.2, 0.25) is 0 Å². The van der Waals surface area contributed by atoms with Gasteiger partial charge in [-0.25, -0.2) is 0 Å². The zero-order valence-corrected chi connectivity index (χ0v) is 16.4. The summed E-state index contributed by atoms with van der Waals surface area (Å²) < 4.78 is 0. The third kappa shape index (κ3) is 2.81. The Morgan fingerprint density at radius 1 is 0.852 bits per heavy atom. The number of hydrogen-bond donors (Lipinski definition) is 1. The zero-order valence-electron chi connectivity index (χ0n) is 16.4. The first-order chi connectivity index (χ1) is 13.0. The van der Waals surface area contributed by atoms with E-state index >= 15 is 0 Å². The van der Waals surface area contributed by atoms with Gasteiger partial charge >= 0.3 is 0 Å². The third-order valence-electron chi connectivity index (χ3n) is 7.52. The maximum absolute atomic E-state index is 13.5. The molecule has 2 aromatic rings. The molecule has 6 rings (SSSR count). The fraction of sp³-hybridized carbons (Fsp3) is 0.480. The molecule has 27 heavy (non-hydrogen) atoms. The second-order valence-electron chi connectivity index (χ2n) is 9.71. The van der Waals surface area contributed by atoms with Crippen LogP contribution >= 0.6 is 0 Å². The van der Waals surface area contributed by atoms with Crippen molar-refractivity contribution in [2.45, 2.75) is 57.8 Å². The zero-order chi connectivity index (χ0) is 18.6. The van der Waals surface area contributed by atoms with Crippen LogP contribution in [-0.2, 0) is 10.2 Å². The van der Waals surface area contributed by atoms with Gasteiger partial charge < -0.3 is 5.32 Å². The molecule has 4 fully saturated rings. The molecule has 0 radical (unpaired) electrons. The SMILES string of the molecule is Cc1ccc(NC(=O)C23C[C@H]4C[C@@H](C2)CC(c2ccc(C)cc2)(C4)C3)cc1. The first-order valence-electron chi connectivity index (χ1n) is 10.4. The normalized spacial score (nSPS) is 33.9. The molecule has 4 aliphatic rings. The number of carbonyl (C=O) groups excluding carboxylic acids is 1. The van der Waals surface area contributed by atoms with Gasteiger partial charge in [0.15, 0.2) is 0 Å². The molecule has 0 aromatic heterocycles.